The van der Waals surface area contributed by atoms with Gasteiger partial charge in [-0.15, -0.1) is 0 Å². The summed E-state index contributed by atoms with van der Waals surface area (Å²) in [6, 6.07) is 22.0. The van der Waals surface area contributed by atoms with E-state index >= 15 is 0 Å². The third-order valence-electron chi connectivity index (χ3n) is 7.93. The van der Waals surface area contributed by atoms with Crippen LogP contribution in [0.5, 0.6) is 0 Å². The Bertz CT molecular complexity index is 1370. The zero-order valence-corrected chi connectivity index (χ0v) is 19.2. The Morgan fingerprint density at radius 1 is 1.00 bits per heavy atom. The molecule has 0 saturated carbocycles. The van der Waals surface area contributed by atoms with Crippen LogP contribution >= 0.6 is 0 Å². The molecule has 3 aromatic carbocycles. The van der Waals surface area contributed by atoms with Crippen LogP contribution in [0.4, 0.5) is 0 Å². The molecular weight excluding hydrogens is 404 g/mol. The molecule has 1 heterocycles. The summed E-state index contributed by atoms with van der Waals surface area (Å²) in [7, 11) is 0. The van der Waals surface area contributed by atoms with E-state index in [9.17, 15) is 4.79 Å². The van der Waals surface area contributed by atoms with Crippen molar-refractivity contribution in [3.63, 3.8) is 0 Å². The van der Waals surface area contributed by atoms with Gasteiger partial charge in [0, 0.05) is 17.8 Å². The van der Waals surface area contributed by atoms with E-state index in [4.69, 9.17) is 0 Å². The second kappa shape index (κ2) is 7.55. The Balaban J connectivity index is 1.60. The molecule has 3 nitrogen and oxygen atoms in total. The second-order valence-electron chi connectivity index (χ2n) is 9.78. The summed E-state index contributed by atoms with van der Waals surface area (Å²) in [5.74, 6) is -0.0851. The largest absolute Gasteiger partial charge is 0.276 e. The topological polar surface area (TPSA) is 34.9 Å². The van der Waals surface area contributed by atoms with E-state index in [-0.39, 0.29) is 17.2 Å². The fraction of sp³-hybridized carbons (Fsp3) is 0.267. The zero-order valence-electron chi connectivity index (χ0n) is 19.2. The highest BCUT2D eigenvalue weighted by Gasteiger charge is 2.40. The van der Waals surface area contributed by atoms with Crippen LogP contribution in [0, 0.1) is 6.92 Å². The van der Waals surface area contributed by atoms with Crippen LogP contribution in [-0.4, -0.2) is 15.5 Å². The predicted molar refractivity (Wildman–Crippen MR) is 132 cm³/mol. The highest BCUT2D eigenvalue weighted by atomic mass is 16.2. The molecule has 4 aromatic rings. The van der Waals surface area contributed by atoms with Gasteiger partial charge in [0.05, 0.1) is 5.92 Å². The Kier molecular flexibility index (Phi) is 4.62. The molecule has 164 valence electrons. The number of hydrogen-bond donors (Lipinski definition) is 0. The normalized spacial score (nSPS) is 21.1. The van der Waals surface area contributed by atoms with Crippen LogP contribution in [0.15, 0.2) is 79.4 Å². The Labute approximate surface area is 195 Å². The van der Waals surface area contributed by atoms with Crippen molar-refractivity contribution < 1.29 is 4.79 Å². The standard InChI is InChI=1S/C30H28N2O/c1-20-8-3-6-12-26(20)30(2)15-7-11-24-27(30)14-13-23-22-10-5-4-9-21(22)18-25(28(23)24)29(33)32-17-16-31-19-32/h3-6,8-10,12-14,16-17,19,25H,7,11,15,18H2,1-2H3. The van der Waals surface area contributed by atoms with Gasteiger partial charge < -0.3 is 0 Å². The van der Waals surface area contributed by atoms with Gasteiger partial charge in [-0.05, 0) is 77.1 Å². The van der Waals surface area contributed by atoms with Crippen molar-refractivity contribution >= 4 is 5.91 Å². The Hall–Kier alpha value is -3.46. The lowest BCUT2D eigenvalue weighted by Gasteiger charge is -2.41. The summed E-state index contributed by atoms with van der Waals surface area (Å²) < 4.78 is 1.66. The zero-order chi connectivity index (χ0) is 22.6. The number of benzene rings is 3. The monoisotopic (exact) mass is 432 g/mol. The quantitative estimate of drug-likeness (QED) is 0.363. The minimum Gasteiger partial charge on any atom is -0.276 e. The molecule has 3 heteroatoms. The minimum absolute atomic E-state index is 0.0481. The maximum Gasteiger partial charge on any atom is 0.239 e. The summed E-state index contributed by atoms with van der Waals surface area (Å²) in [6.07, 6.45) is 9.10. The third-order valence-corrected chi connectivity index (χ3v) is 7.93. The van der Waals surface area contributed by atoms with Crippen molar-refractivity contribution in [1.82, 2.24) is 9.55 Å². The number of rotatable bonds is 2. The minimum atomic E-state index is -0.196. The average molecular weight is 433 g/mol. The molecule has 0 aliphatic heterocycles. The smallest absolute Gasteiger partial charge is 0.239 e. The molecule has 0 fully saturated rings. The van der Waals surface area contributed by atoms with Gasteiger partial charge in [-0.2, -0.15) is 0 Å². The molecular formula is C30H28N2O. The molecule has 0 spiro atoms. The van der Waals surface area contributed by atoms with Gasteiger partial charge in [-0.25, -0.2) is 4.98 Å². The molecule has 1 aromatic heterocycles. The first-order valence-electron chi connectivity index (χ1n) is 11.9. The van der Waals surface area contributed by atoms with E-state index in [1.807, 2.05) is 0 Å². The molecule has 2 unspecified atom stereocenters. The van der Waals surface area contributed by atoms with Crippen LogP contribution in [0.2, 0.25) is 0 Å². The van der Waals surface area contributed by atoms with Crippen molar-refractivity contribution in [2.75, 3.05) is 0 Å². The first-order valence-corrected chi connectivity index (χ1v) is 11.9. The summed E-state index contributed by atoms with van der Waals surface area (Å²) in [6.45, 7) is 4.61. The molecule has 0 amide bonds. The van der Waals surface area contributed by atoms with E-state index < -0.39 is 0 Å². The number of hydrogen-bond acceptors (Lipinski definition) is 2. The Morgan fingerprint density at radius 3 is 2.64 bits per heavy atom. The SMILES string of the molecule is Cc1ccccc1C1(C)CCCc2c1ccc1c2C(C(=O)n2ccnc2)Cc2ccccc2-1. The van der Waals surface area contributed by atoms with E-state index in [2.05, 4.69) is 79.5 Å². The molecule has 0 N–H and O–H groups in total. The molecule has 6 rings (SSSR count). The maximum atomic E-state index is 13.7. The van der Waals surface area contributed by atoms with Gasteiger partial charge in [-0.3, -0.25) is 9.36 Å². The summed E-state index contributed by atoms with van der Waals surface area (Å²) in [5.41, 5.74) is 10.5. The number of fused-ring (bicyclic) bond motifs is 5. The maximum absolute atomic E-state index is 13.7. The highest BCUT2D eigenvalue weighted by Crippen LogP contribution is 2.50. The van der Waals surface area contributed by atoms with Gasteiger partial charge in [-0.1, -0.05) is 67.6 Å². The van der Waals surface area contributed by atoms with Gasteiger partial charge >= 0.3 is 0 Å². The molecule has 2 aliphatic rings. The first kappa shape index (κ1) is 20.2. The van der Waals surface area contributed by atoms with Gasteiger partial charge in [0.2, 0.25) is 5.91 Å². The summed E-state index contributed by atoms with van der Waals surface area (Å²) in [4.78, 5) is 17.9. The highest BCUT2D eigenvalue weighted by molar-refractivity contribution is 5.92. The fourth-order valence-corrected chi connectivity index (χ4v) is 6.37. The molecule has 0 saturated heterocycles. The molecule has 2 atom stereocenters. The van der Waals surface area contributed by atoms with E-state index in [0.717, 1.165) is 25.7 Å². The van der Waals surface area contributed by atoms with Gasteiger partial charge in [0.1, 0.15) is 6.33 Å². The summed E-state index contributed by atoms with van der Waals surface area (Å²) >= 11 is 0. The number of carbonyl (C=O) groups is 1. The van der Waals surface area contributed by atoms with Crippen LogP contribution in [0.25, 0.3) is 11.1 Å². The van der Waals surface area contributed by atoms with Crippen molar-refractivity contribution in [1.29, 1.82) is 0 Å². The van der Waals surface area contributed by atoms with Crippen molar-refractivity contribution in [3.05, 3.63) is 113 Å². The lowest BCUT2D eigenvalue weighted by atomic mass is 9.63. The van der Waals surface area contributed by atoms with Crippen molar-refractivity contribution in [2.24, 2.45) is 0 Å². The molecule has 2 aliphatic carbocycles. The number of imidazole rings is 1. The number of nitrogens with zero attached hydrogens (tertiary/aromatic N) is 2. The average Bonchev–Trinajstić information content (AvgIpc) is 3.38. The van der Waals surface area contributed by atoms with Crippen LogP contribution < -0.4 is 0 Å². The molecule has 33 heavy (non-hydrogen) atoms. The van der Waals surface area contributed by atoms with E-state index in [1.54, 1.807) is 23.3 Å². The number of carbonyl (C=O) groups excluding carboxylic acids is 1. The van der Waals surface area contributed by atoms with E-state index in [0.29, 0.717) is 0 Å². The van der Waals surface area contributed by atoms with Gasteiger partial charge in [0.25, 0.3) is 0 Å². The molecule has 0 radical (unpaired) electrons. The van der Waals surface area contributed by atoms with E-state index in [1.165, 1.54) is 44.5 Å². The van der Waals surface area contributed by atoms with Crippen LogP contribution in [0.3, 0.4) is 0 Å². The molecule has 0 bridgehead atoms. The fourth-order valence-electron chi connectivity index (χ4n) is 6.37. The lowest BCUT2D eigenvalue weighted by molar-refractivity contribution is 0.0875. The third kappa shape index (κ3) is 3.02. The predicted octanol–water partition coefficient (Wildman–Crippen LogP) is 6.48. The summed E-state index contributed by atoms with van der Waals surface area (Å²) in [5, 5.41) is 0. The van der Waals surface area contributed by atoms with Crippen LogP contribution in [-0.2, 0) is 18.3 Å². The Morgan fingerprint density at radius 2 is 1.82 bits per heavy atom. The number of aryl methyl sites for hydroxylation is 1. The van der Waals surface area contributed by atoms with Crippen molar-refractivity contribution in [2.45, 2.75) is 50.9 Å². The first-order chi connectivity index (χ1) is 16.1. The second-order valence-corrected chi connectivity index (χ2v) is 9.78. The number of aromatic nitrogens is 2. The lowest BCUT2D eigenvalue weighted by Crippen LogP contribution is -2.33. The van der Waals surface area contributed by atoms with Crippen LogP contribution in [0.1, 0.15) is 63.9 Å². The van der Waals surface area contributed by atoms with Crippen molar-refractivity contribution in [3.8, 4) is 11.1 Å². The van der Waals surface area contributed by atoms with Gasteiger partial charge in [0.15, 0.2) is 0 Å².